The summed E-state index contributed by atoms with van der Waals surface area (Å²) in [5, 5.41) is 14.4. The molecule has 0 spiro atoms. The average Bonchev–Trinajstić information content (AvgIpc) is 2.60. The number of anilines is 1. The highest BCUT2D eigenvalue weighted by Gasteiger charge is 2.08. The first-order chi connectivity index (χ1) is 12.0. The van der Waals surface area contributed by atoms with Crippen LogP contribution in [0, 0.1) is 6.92 Å². The molecule has 0 bridgehead atoms. The second-order valence-electron chi connectivity index (χ2n) is 5.32. The fourth-order valence-electron chi connectivity index (χ4n) is 2.03. The molecule has 0 aliphatic heterocycles. The molecule has 2 rings (SSSR count). The lowest BCUT2D eigenvalue weighted by Crippen LogP contribution is -2.26. The second-order valence-corrected chi connectivity index (χ2v) is 5.73. The van der Waals surface area contributed by atoms with Crippen LogP contribution in [-0.2, 0) is 4.79 Å². The third-order valence-corrected chi connectivity index (χ3v) is 3.60. The highest BCUT2D eigenvalue weighted by Crippen LogP contribution is 2.22. The van der Waals surface area contributed by atoms with Gasteiger partial charge in [-0.3, -0.25) is 9.59 Å². The van der Waals surface area contributed by atoms with Crippen LogP contribution in [0.15, 0.2) is 42.5 Å². The summed E-state index contributed by atoms with van der Waals surface area (Å²) in [6.45, 7) is 1.81. The number of carbonyl (C=O) groups is 2. The van der Waals surface area contributed by atoms with Gasteiger partial charge in [0.05, 0.1) is 17.3 Å². The van der Waals surface area contributed by atoms with Crippen LogP contribution in [0.3, 0.4) is 0 Å². The maximum absolute atomic E-state index is 11.9. The molecule has 0 atom stereocenters. The van der Waals surface area contributed by atoms with Crippen LogP contribution in [0.4, 0.5) is 5.69 Å². The van der Waals surface area contributed by atoms with Gasteiger partial charge in [0.1, 0.15) is 5.75 Å². The normalized spacial score (nSPS) is 10.2. The number of carbonyl (C=O) groups excluding carboxylic acids is 2. The Morgan fingerprint density at radius 3 is 2.52 bits per heavy atom. The zero-order chi connectivity index (χ0) is 18.2. The average molecular weight is 363 g/mol. The number of benzene rings is 2. The molecule has 0 aliphatic rings. The Kier molecular flexibility index (Phi) is 6.80. The molecule has 25 heavy (non-hydrogen) atoms. The van der Waals surface area contributed by atoms with Gasteiger partial charge in [-0.25, -0.2) is 0 Å². The van der Waals surface area contributed by atoms with Gasteiger partial charge in [-0.1, -0.05) is 17.7 Å². The number of halogens is 1. The van der Waals surface area contributed by atoms with Gasteiger partial charge in [-0.05, 0) is 48.9 Å². The van der Waals surface area contributed by atoms with Gasteiger partial charge in [0, 0.05) is 12.1 Å². The lowest BCUT2D eigenvalue weighted by atomic mass is 10.2. The standard InChI is InChI=1S/C18H19ClN2O4/c1-12-2-7-16(15(19)10-12)21-17(23)11-25-14-5-3-13(4-6-14)18(24)20-8-9-22/h2-7,10,22H,8-9,11H2,1H3,(H,20,24)(H,21,23). The fourth-order valence-corrected chi connectivity index (χ4v) is 2.31. The van der Waals surface area contributed by atoms with Crippen molar-refractivity contribution < 1.29 is 19.4 Å². The summed E-state index contributed by atoms with van der Waals surface area (Å²) in [6, 6.07) is 11.7. The molecule has 2 aromatic carbocycles. The highest BCUT2D eigenvalue weighted by atomic mass is 35.5. The van der Waals surface area contributed by atoms with E-state index in [0.717, 1.165) is 5.56 Å². The topological polar surface area (TPSA) is 87.7 Å². The molecule has 0 unspecified atom stereocenters. The largest absolute Gasteiger partial charge is 0.484 e. The number of hydrogen-bond acceptors (Lipinski definition) is 4. The van der Waals surface area contributed by atoms with Crippen molar-refractivity contribution in [2.24, 2.45) is 0 Å². The minimum atomic E-state index is -0.337. The minimum Gasteiger partial charge on any atom is -0.484 e. The van der Waals surface area contributed by atoms with Crippen molar-refractivity contribution in [2.75, 3.05) is 25.1 Å². The Labute approximate surface area is 150 Å². The van der Waals surface area contributed by atoms with Crippen LogP contribution in [0.25, 0.3) is 0 Å². The molecule has 2 aromatic rings. The molecule has 132 valence electrons. The van der Waals surface area contributed by atoms with Crippen molar-refractivity contribution in [1.82, 2.24) is 5.32 Å². The van der Waals surface area contributed by atoms with Gasteiger partial charge >= 0.3 is 0 Å². The molecule has 7 heteroatoms. The summed E-state index contributed by atoms with van der Waals surface area (Å²) in [4.78, 5) is 23.6. The van der Waals surface area contributed by atoms with E-state index in [1.807, 2.05) is 13.0 Å². The number of hydrogen-bond donors (Lipinski definition) is 3. The van der Waals surface area contributed by atoms with Crippen LogP contribution < -0.4 is 15.4 Å². The van der Waals surface area contributed by atoms with E-state index < -0.39 is 0 Å². The Bertz CT molecular complexity index is 747. The van der Waals surface area contributed by atoms with Gasteiger partial charge in [0.2, 0.25) is 0 Å². The van der Waals surface area contributed by atoms with Crippen molar-refractivity contribution in [1.29, 1.82) is 0 Å². The molecule has 0 radical (unpaired) electrons. The van der Waals surface area contributed by atoms with E-state index in [0.29, 0.717) is 22.0 Å². The lowest BCUT2D eigenvalue weighted by Gasteiger charge is -2.10. The van der Waals surface area contributed by atoms with Gasteiger partial charge < -0.3 is 20.5 Å². The molecule has 2 amide bonds. The Morgan fingerprint density at radius 2 is 1.88 bits per heavy atom. The predicted molar refractivity (Wildman–Crippen MR) is 96.2 cm³/mol. The van der Waals surface area contributed by atoms with Gasteiger partial charge in [0.15, 0.2) is 6.61 Å². The second kappa shape index (κ2) is 9.05. The molecular formula is C18H19ClN2O4. The van der Waals surface area contributed by atoms with Crippen molar-refractivity contribution in [2.45, 2.75) is 6.92 Å². The van der Waals surface area contributed by atoms with E-state index in [9.17, 15) is 9.59 Å². The number of aryl methyl sites for hydroxylation is 1. The first-order valence-corrected chi connectivity index (χ1v) is 8.05. The lowest BCUT2D eigenvalue weighted by molar-refractivity contribution is -0.118. The number of ether oxygens (including phenoxy) is 1. The van der Waals surface area contributed by atoms with Crippen molar-refractivity contribution >= 4 is 29.1 Å². The number of aliphatic hydroxyl groups is 1. The van der Waals surface area contributed by atoms with E-state index in [1.54, 1.807) is 36.4 Å². The Hall–Kier alpha value is -2.57. The van der Waals surface area contributed by atoms with Crippen molar-refractivity contribution in [3.63, 3.8) is 0 Å². The molecule has 6 nitrogen and oxygen atoms in total. The van der Waals surface area contributed by atoms with Crippen molar-refractivity contribution in [3.8, 4) is 5.75 Å². The molecule has 0 fully saturated rings. The zero-order valence-electron chi connectivity index (χ0n) is 13.7. The minimum absolute atomic E-state index is 0.118. The van der Waals surface area contributed by atoms with Gasteiger partial charge in [-0.15, -0.1) is 0 Å². The van der Waals surface area contributed by atoms with Crippen molar-refractivity contribution in [3.05, 3.63) is 58.6 Å². The SMILES string of the molecule is Cc1ccc(NC(=O)COc2ccc(C(=O)NCCO)cc2)c(Cl)c1. The van der Waals surface area contributed by atoms with E-state index in [-0.39, 0.29) is 31.6 Å². The number of aliphatic hydroxyl groups excluding tert-OH is 1. The smallest absolute Gasteiger partial charge is 0.262 e. The highest BCUT2D eigenvalue weighted by molar-refractivity contribution is 6.33. The van der Waals surface area contributed by atoms with E-state index in [2.05, 4.69) is 10.6 Å². The molecule has 0 aromatic heterocycles. The number of rotatable bonds is 7. The summed E-state index contributed by atoms with van der Waals surface area (Å²) >= 11 is 6.06. The van der Waals surface area contributed by atoms with Crippen LogP contribution in [0.2, 0.25) is 5.02 Å². The zero-order valence-corrected chi connectivity index (χ0v) is 14.5. The molecule has 0 saturated heterocycles. The molecule has 3 N–H and O–H groups in total. The predicted octanol–water partition coefficient (Wildman–Crippen LogP) is 2.39. The first-order valence-electron chi connectivity index (χ1n) is 7.67. The summed E-state index contributed by atoms with van der Waals surface area (Å²) in [6.07, 6.45) is 0. The summed E-state index contributed by atoms with van der Waals surface area (Å²) < 4.78 is 5.39. The van der Waals surface area contributed by atoms with E-state index >= 15 is 0 Å². The van der Waals surface area contributed by atoms with Crippen LogP contribution >= 0.6 is 11.6 Å². The Balaban J connectivity index is 1.86. The van der Waals surface area contributed by atoms with Crippen LogP contribution in [0.1, 0.15) is 15.9 Å². The molecule has 0 heterocycles. The molecule has 0 aliphatic carbocycles. The van der Waals surface area contributed by atoms with Crippen LogP contribution in [0.5, 0.6) is 5.75 Å². The third kappa shape index (κ3) is 5.77. The summed E-state index contributed by atoms with van der Waals surface area (Å²) in [5.74, 6) is -0.160. The maximum Gasteiger partial charge on any atom is 0.262 e. The fraction of sp³-hybridized carbons (Fsp3) is 0.222. The monoisotopic (exact) mass is 362 g/mol. The number of amides is 2. The molecule has 0 saturated carbocycles. The van der Waals surface area contributed by atoms with Gasteiger partial charge in [0.25, 0.3) is 11.8 Å². The van der Waals surface area contributed by atoms with E-state index in [4.69, 9.17) is 21.4 Å². The summed E-state index contributed by atoms with van der Waals surface area (Å²) in [7, 11) is 0. The summed E-state index contributed by atoms with van der Waals surface area (Å²) in [5.41, 5.74) is 1.97. The quantitative estimate of drug-likeness (QED) is 0.705. The maximum atomic E-state index is 11.9. The Morgan fingerprint density at radius 1 is 1.16 bits per heavy atom. The third-order valence-electron chi connectivity index (χ3n) is 3.28. The van der Waals surface area contributed by atoms with Crippen LogP contribution in [-0.4, -0.2) is 36.7 Å². The van der Waals surface area contributed by atoms with E-state index in [1.165, 1.54) is 0 Å². The first kappa shape index (κ1) is 18.8. The molecular weight excluding hydrogens is 344 g/mol. The van der Waals surface area contributed by atoms with Gasteiger partial charge in [-0.2, -0.15) is 0 Å². The number of nitrogens with one attached hydrogen (secondary N) is 2.